The Balaban J connectivity index is 2.28. The standard InChI is InChI=1S/C10H11BO5/c1-6-8(15-5-9(12)13)3-2-7-4-16-11(14)10(6)7/h2-3,14H,4-5H2,1H3,(H,12,13). The van der Waals surface area contributed by atoms with E-state index in [9.17, 15) is 9.82 Å². The molecule has 2 N–H and O–H groups in total. The molecule has 0 spiro atoms. The maximum atomic E-state index is 10.4. The van der Waals surface area contributed by atoms with Crippen molar-refractivity contribution >= 4 is 18.6 Å². The normalized spacial score (nSPS) is 13.8. The van der Waals surface area contributed by atoms with E-state index in [1.165, 1.54) is 0 Å². The van der Waals surface area contributed by atoms with E-state index in [4.69, 9.17) is 14.5 Å². The van der Waals surface area contributed by atoms with Gasteiger partial charge in [-0.3, -0.25) is 0 Å². The lowest BCUT2D eigenvalue weighted by atomic mass is 9.76. The highest BCUT2D eigenvalue weighted by atomic mass is 16.5. The second-order valence-corrected chi connectivity index (χ2v) is 3.61. The van der Waals surface area contributed by atoms with E-state index < -0.39 is 19.7 Å². The van der Waals surface area contributed by atoms with Crippen molar-refractivity contribution in [3.63, 3.8) is 0 Å². The first-order valence-corrected chi connectivity index (χ1v) is 4.86. The van der Waals surface area contributed by atoms with Crippen molar-refractivity contribution < 1.29 is 24.3 Å². The number of hydrogen-bond acceptors (Lipinski definition) is 4. The van der Waals surface area contributed by atoms with Crippen LogP contribution >= 0.6 is 0 Å². The number of ether oxygens (including phenoxy) is 1. The van der Waals surface area contributed by atoms with E-state index in [1.807, 2.05) is 0 Å². The van der Waals surface area contributed by atoms with Gasteiger partial charge in [0.05, 0.1) is 6.61 Å². The van der Waals surface area contributed by atoms with Crippen molar-refractivity contribution in [1.29, 1.82) is 0 Å². The van der Waals surface area contributed by atoms with Crippen LogP contribution in [0, 0.1) is 6.92 Å². The third-order valence-corrected chi connectivity index (χ3v) is 2.55. The summed E-state index contributed by atoms with van der Waals surface area (Å²) in [6.07, 6.45) is 0. The zero-order valence-corrected chi connectivity index (χ0v) is 8.77. The van der Waals surface area contributed by atoms with Gasteiger partial charge in [0.1, 0.15) is 5.75 Å². The molecule has 0 aliphatic carbocycles. The lowest BCUT2D eigenvalue weighted by Crippen LogP contribution is -2.31. The molecule has 0 bridgehead atoms. The van der Waals surface area contributed by atoms with Crippen LogP contribution in [0.4, 0.5) is 0 Å². The highest BCUT2D eigenvalue weighted by molar-refractivity contribution is 6.62. The second-order valence-electron chi connectivity index (χ2n) is 3.61. The zero-order chi connectivity index (χ0) is 11.7. The van der Waals surface area contributed by atoms with Gasteiger partial charge in [-0.1, -0.05) is 6.07 Å². The first-order chi connectivity index (χ1) is 7.59. The van der Waals surface area contributed by atoms with Gasteiger partial charge < -0.3 is 19.5 Å². The van der Waals surface area contributed by atoms with Gasteiger partial charge >= 0.3 is 13.1 Å². The number of fused-ring (bicyclic) bond motifs is 1. The first-order valence-electron chi connectivity index (χ1n) is 4.86. The minimum absolute atomic E-state index is 0.372. The van der Waals surface area contributed by atoms with Crippen molar-refractivity contribution in [1.82, 2.24) is 0 Å². The summed E-state index contributed by atoms with van der Waals surface area (Å²) in [6, 6.07) is 3.47. The zero-order valence-electron chi connectivity index (χ0n) is 8.77. The number of benzene rings is 1. The maximum absolute atomic E-state index is 10.4. The maximum Gasteiger partial charge on any atom is 0.492 e. The smallest absolute Gasteiger partial charge is 0.482 e. The summed E-state index contributed by atoms with van der Waals surface area (Å²) >= 11 is 0. The van der Waals surface area contributed by atoms with E-state index in [1.54, 1.807) is 19.1 Å². The molecule has 1 aromatic rings. The molecule has 1 heterocycles. The van der Waals surface area contributed by atoms with Crippen LogP contribution in [0.1, 0.15) is 11.1 Å². The van der Waals surface area contributed by atoms with Crippen LogP contribution in [0.2, 0.25) is 0 Å². The second kappa shape index (κ2) is 4.15. The predicted octanol–water partition coefficient (Wildman–Crippen LogP) is -0.324. The monoisotopic (exact) mass is 222 g/mol. The SMILES string of the molecule is Cc1c(OCC(=O)O)ccc2c1B(O)OC2. The molecule has 16 heavy (non-hydrogen) atoms. The number of hydrogen-bond donors (Lipinski definition) is 2. The summed E-state index contributed by atoms with van der Waals surface area (Å²) < 4.78 is 10.2. The molecule has 1 aliphatic heterocycles. The van der Waals surface area contributed by atoms with Crippen molar-refractivity contribution in [2.45, 2.75) is 13.5 Å². The molecule has 0 atom stereocenters. The highest BCUT2D eigenvalue weighted by Crippen LogP contribution is 2.21. The number of rotatable bonds is 3. The van der Waals surface area contributed by atoms with Crippen LogP contribution in [0.5, 0.6) is 5.75 Å². The van der Waals surface area contributed by atoms with Crippen molar-refractivity contribution in [2.75, 3.05) is 6.61 Å². The molecule has 0 aromatic heterocycles. The van der Waals surface area contributed by atoms with Gasteiger partial charge in [0, 0.05) is 0 Å². The Morgan fingerprint density at radius 3 is 3.06 bits per heavy atom. The third kappa shape index (κ3) is 1.89. The Kier molecular flexibility index (Phi) is 2.85. The molecular weight excluding hydrogens is 211 g/mol. The average molecular weight is 222 g/mol. The fourth-order valence-corrected chi connectivity index (χ4v) is 1.78. The molecule has 0 radical (unpaired) electrons. The van der Waals surface area contributed by atoms with Gasteiger partial charge in [-0.05, 0) is 29.6 Å². The Morgan fingerprint density at radius 1 is 1.62 bits per heavy atom. The van der Waals surface area contributed by atoms with Gasteiger partial charge in [-0.25, -0.2) is 4.79 Å². The molecule has 0 unspecified atom stereocenters. The topological polar surface area (TPSA) is 76.0 Å². The van der Waals surface area contributed by atoms with Gasteiger partial charge in [0.15, 0.2) is 6.61 Å². The van der Waals surface area contributed by atoms with Crippen LogP contribution in [-0.4, -0.2) is 29.8 Å². The van der Waals surface area contributed by atoms with Crippen LogP contribution in [0.25, 0.3) is 0 Å². The third-order valence-electron chi connectivity index (χ3n) is 2.55. The molecule has 1 aromatic carbocycles. The first kappa shape index (κ1) is 11.0. The Labute approximate surface area is 92.8 Å². The predicted molar refractivity (Wildman–Crippen MR) is 56.7 cm³/mol. The Hall–Kier alpha value is -1.53. The molecule has 0 saturated heterocycles. The van der Waals surface area contributed by atoms with Gasteiger partial charge in [0.2, 0.25) is 0 Å². The largest absolute Gasteiger partial charge is 0.492 e. The van der Waals surface area contributed by atoms with Crippen LogP contribution in [0.15, 0.2) is 12.1 Å². The molecule has 6 heteroatoms. The summed E-state index contributed by atoms with van der Waals surface area (Å²) in [5.41, 5.74) is 2.32. The summed E-state index contributed by atoms with van der Waals surface area (Å²) in [7, 11) is -0.941. The Bertz CT molecular complexity index is 431. The van der Waals surface area contributed by atoms with Gasteiger partial charge in [-0.2, -0.15) is 0 Å². The van der Waals surface area contributed by atoms with Gasteiger partial charge in [-0.15, -0.1) is 0 Å². The number of carboxylic acids is 1. The molecule has 5 nitrogen and oxygen atoms in total. The highest BCUT2D eigenvalue weighted by Gasteiger charge is 2.30. The summed E-state index contributed by atoms with van der Waals surface area (Å²) in [6.45, 7) is 1.75. The van der Waals surface area contributed by atoms with Gasteiger partial charge in [0.25, 0.3) is 0 Å². The summed E-state index contributed by atoms with van der Waals surface area (Å²) in [5.74, 6) is -0.567. The summed E-state index contributed by atoms with van der Waals surface area (Å²) in [4.78, 5) is 10.4. The van der Waals surface area contributed by atoms with E-state index in [2.05, 4.69) is 0 Å². The van der Waals surface area contributed by atoms with Crippen LogP contribution in [-0.2, 0) is 16.1 Å². The van der Waals surface area contributed by atoms with E-state index in [0.29, 0.717) is 17.8 Å². The lowest BCUT2D eigenvalue weighted by Gasteiger charge is -2.10. The molecule has 0 fully saturated rings. The minimum atomic E-state index is -1.03. The lowest BCUT2D eigenvalue weighted by molar-refractivity contribution is -0.139. The summed E-state index contributed by atoms with van der Waals surface area (Å²) in [5, 5.41) is 18.1. The minimum Gasteiger partial charge on any atom is -0.482 e. The fourth-order valence-electron chi connectivity index (χ4n) is 1.78. The van der Waals surface area contributed by atoms with E-state index in [0.717, 1.165) is 11.1 Å². The van der Waals surface area contributed by atoms with E-state index in [-0.39, 0.29) is 0 Å². The molecular formula is C10H11BO5. The molecule has 1 aliphatic rings. The molecule has 84 valence electrons. The van der Waals surface area contributed by atoms with Crippen molar-refractivity contribution in [2.24, 2.45) is 0 Å². The Morgan fingerprint density at radius 2 is 2.38 bits per heavy atom. The van der Waals surface area contributed by atoms with E-state index >= 15 is 0 Å². The quantitative estimate of drug-likeness (QED) is 0.685. The average Bonchev–Trinajstić information content (AvgIpc) is 2.60. The number of carboxylic acid groups (broad SMARTS) is 1. The molecule has 2 rings (SSSR count). The van der Waals surface area contributed by atoms with Crippen molar-refractivity contribution in [3.8, 4) is 5.75 Å². The fraction of sp³-hybridized carbons (Fsp3) is 0.300. The van der Waals surface area contributed by atoms with Crippen LogP contribution < -0.4 is 10.2 Å². The molecule has 0 amide bonds. The van der Waals surface area contributed by atoms with Crippen molar-refractivity contribution in [3.05, 3.63) is 23.3 Å². The number of carbonyl (C=O) groups is 1. The van der Waals surface area contributed by atoms with Crippen LogP contribution in [0.3, 0.4) is 0 Å². The number of aliphatic carboxylic acids is 1. The molecule has 0 saturated carbocycles.